The van der Waals surface area contributed by atoms with Gasteiger partial charge in [0.2, 0.25) is 0 Å². The Morgan fingerprint density at radius 3 is 2.60 bits per heavy atom. The number of methoxy groups -OCH3 is 1. The zero-order valence-corrected chi connectivity index (χ0v) is 18.7. The Kier molecular flexibility index (Phi) is 9.61. The van der Waals surface area contributed by atoms with E-state index in [4.69, 9.17) is 25.8 Å². The van der Waals surface area contributed by atoms with Gasteiger partial charge in [0, 0.05) is 25.5 Å². The molecule has 0 aliphatic carbocycles. The summed E-state index contributed by atoms with van der Waals surface area (Å²) in [5.74, 6) is 0.0171. The molecule has 1 heterocycles. The Morgan fingerprint density at radius 2 is 2.03 bits per heavy atom. The van der Waals surface area contributed by atoms with Crippen molar-refractivity contribution in [3.8, 4) is 11.8 Å². The molecule has 0 aliphatic rings. The summed E-state index contributed by atoms with van der Waals surface area (Å²) in [6.45, 7) is 5.05. The third kappa shape index (κ3) is 7.34. The summed E-state index contributed by atoms with van der Waals surface area (Å²) in [6.07, 6.45) is 1.69. The summed E-state index contributed by atoms with van der Waals surface area (Å²) >= 11 is 7.20. The second kappa shape index (κ2) is 12.2. The van der Waals surface area contributed by atoms with Gasteiger partial charge in [-0.3, -0.25) is 0 Å². The number of ether oxygens (including phenoxy) is 3. The Labute approximate surface area is 185 Å². The number of nitrogens with zero attached hydrogens (tertiary/aromatic N) is 2. The van der Waals surface area contributed by atoms with E-state index in [2.05, 4.69) is 10.3 Å². The molecule has 7 nitrogen and oxygen atoms in total. The van der Waals surface area contributed by atoms with Crippen LogP contribution in [-0.4, -0.2) is 31.3 Å². The molecule has 0 radical (unpaired) electrons. The van der Waals surface area contributed by atoms with Gasteiger partial charge in [-0.15, -0.1) is 11.3 Å². The van der Waals surface area contributed by atoms with Gasteiger partial charge in [0.15, 0.2) is 10.0 Å². The van der Waals surface area contributed by atoms with Crippen molar-refractivity contribution < 1.29 is 19.0 Å². The summed E-state index contributed by atoms with van der Waals surface area (Å²) in [4.78, 5) is 17.1. The zero-order chi connectivity index (χ0) is 21.9. The number of carbonyl (C=O) groups is 1. The van der Waals surface area contributed by atoms with Crippen LogP contribution >= 0.6 is 22.9 Å². The Bertz CT molecular complexity index is 904. The summed E-state index contributed by atoms with van der Waals surface area (Å²) in [5.41, 5.74) is 1.50. The monoisotopic (exact) mass is 449 g/mol. The molecule has 0 bridgehead atoms. The number of aromatic nitrogens is 1. The molecular formula is C21H24ClN3O4S. The van der Waals surface area contributed by atoms with E-state index in [-0.39, 0.29) is 24.7 Å². The highest BCUT2D eigenvalue weighted by molar-refractivity contribution is 7.15. The molecule has 30 heavy (non-hydrogen) atoms. The van der Waals surface area contributed by atoms with E-state index >= 15 is 0 Å². The number of hydrogen-bond donors (Lipinski definition) is 1. The van der Waals surface area contributed by atoms with Gasteiger partial charge < -0.3 is 19.5 Å². The van der Waals surface area contributed by atoms with Crippen LogP contribution in [0.5, 0.6) is 5.75 Å². The molecular weight excluding hydrogens is 426 g/mol. The van der Waals surface area contributed by atoms with Crippen LogP contribution in [0.15, 0.2) is 41.7 Å². The number of nitrogens with one attached hydrogen (secondary N) is 1. The van der Waals surface area contributed by atoms with Crippen molar-refractivity contribution in [1.29, 1.82) is 5.26 Å². The first-order valence-electron chi connectivity index (χ1n) is 9.30. The van der Waals surface area contributed by atoms with E-state index in [1.165, 1.54) is 18.4 Å². The van der Waals surface area contributed by atoms with E-state index in [0.717, 1.165) is 16.2 Å². The molecule has 1 aromatic heterocycles. The highest BCUT2D eigenvalue weighted by Gasteiger charge is 2.19. The van der Waals surface area contributed by atoms with Crippen molar-refractivity contribution in [2.24, 2.45) is 5.92 Å². The first kappa shape index (κ1) is 23.7. The third-order valence-electron chi connectivity index (χ3n) is 4.00. The van der Waals surface area contributed by atoms with Gasteiger partial charge in [-0.2, -0.15) is 5.26 Å². The fourth-order valence-corrected chi connectivity index (χ4v) is 3.38. The quantitative estimate of drug-likeness (QED) is 0.239. The molecule has 0 amide bonds. The lowest BCUT2D eigenvalue weighted by atomic mass is 10.0. The largest absolute Gasteiger partial charge is 0.488 e. The van der Waals surface area contributed by atoms with Gasteiger partial charge in [-0.25, -0.2) is 9.78 Å². The number of esters is 1. The van der Waals surface area contributed by atoms with Crippen LogP contribution < -0.4 is 10.1 Å². The lowest BCUT2D eigenvalue weighted by molar-refractivity contribution is -0.139. The van der Waals surface area contributed by atoms with Gasteiger partial charge in [0.1, 0.15) is 25.0 Å². The molecule has 2 aromatic rings. The summed E-state index contributed by atoms with van der Waals surface area (Å²) in [5, 5.41) is 12.7. The number of benzene rings is 1. The molecule has 0 saturated heterocycles. The highest BCUT2D eigenvalue weighted by Crippen LogP contribution is 2.21. The molecule has 0 aliphatic heterocycles. The smallest absolute Gasteiger partial charge is 0.350 e. The molecule has 0 unspecified atom stereocenters. The minimum absolute atomic E-state index is 0.0238. The average molecular weight is 450 g/mol. The average Bonchev–Trinajstić information content (AvgIpc) is 3.15. The van der Waals surface area contributed by atoms with Gasteiger partial charge in [-0.05, 0) is 23.6 Å². The fourth-order valence-electron chi connectivity index (χ4n) is 2.49. The number of carbonyl (C=O) groups excluding carboxylic acids is 1. The van der Waals surface area contributed by atoms with Crippen molar-refractivity contribution in [1.82, 2.24) is 10.3 Å². The minimum Gasteiger partial charge on any atom is -0.488 e. The maximum Gasteiger partial charge on any atom is 0.350 e. The molecule has 9 heteroatoms. The number of allylic oxidation sites excluding steroid dienone is 1. The molecule has 160 valence electrons. The second-order valence-electron chi connectivity index (χ2n) is 6.55. The van der Waals surface area contributed by atoms with Crippen molar-refractivity contribution in [2.45, 2.75) is 27.0 Å². The molecule has 2 rings (SSSR count). The van der Waals surface area contributed by atoms with E-state index in [9.17, 15) is 10.1 Å². The highest BCUT2D eigenvalue weighted by atomic mass is 35.5. The molecule has 0 saturated carbocycles. The minimum atomic E-state index is -0.655. The van der Waals surface area contributed by atoms with Crippen LogP contribution in [-0.2, 0) is 27.4 Å². The van der Waals surface area contributed by atoms with Crippen molar-refractivity contribution in [2.75, 3.05) is 20.3 Å². The van der Waals surface area contributed by atoms with Gasteiger partial charge in [0.05, 0.1) is 11.5 Å². The zero-order valence-electron chi connectivity index (χ0n) is 17.1. The fraction of sp³-hybridized carbons (Fsp3) is 0.381. The standard InChI is InChI=1S/C21H24ClN3O4S/c1-14(2)19(18(10-23)20(26)28-9-8-27-3)24-11-15-4-6-16(7-5-15)29-13-17-12-25-21(22)30-17/h4-7,12,14,24H,8-9,11,13H2,1-3H3/b19-18-. The maximum absolute atomic E-state index is 12.2. The molecule has 0 atom stereocenters. The van der Waals surface area contributed by atoms with Gasteiger partial charge in [0.25, 0.3) is 0 Å². The van der Waals surface area contributed by atoms with Crippen molar-refractivity contribution in [3.05, 3.63) is 56.6 Å². The number of rotatable bonds is 11. The third-order valence-corrected chi connectivity index (χ3v) is 5.08. The number of halogens is 1. The SMILES string of the molecule is COCCOC(=O)/C(C#N)=C(\NCc1ccc(OCc2cnc(Cl)s2)cc1)C(C)C. The number of nitriles is 1. The van der Waals surface area contributed by atoms with Crippen LogP contribution in [0.25, 0.3) is 0 Å². The molecule has 1 N–H and O–H groups in total. The second-order valence-corrected chi connectivity index (χ2v) is 8.25. The lowest BCUT2D eigenvalue weighted by Gasteiger charge is -2.17. The van der Waals surface area contributed by atoms with E-state index in [1.807, 2.05) is 44.2 Å². The number of thiazole rings is 1. The first-order chi connectivity index (χ1) is 14.4. The summed E-state index contributed by atoms with van der Waals surface area (Å²) < 4.78 is 16.2. The molecule has 0 spiro atoms. The maximum atomic E-state index is 12.2. The summed E-state index contributed by atoms with van der Waals surface area (Å²) in [6, 6.07) is 9.52. The van der Waals surface area contributed by atoms with Crippen molar-refractivity contribution >= 4 is 28.9 Å². The van der Waals surface area contributed by atoms with E-state index in [0.29, 0.717) is 23.3 Å². The predicted octanol–water partition coefficient (Wildman–Crippen LogP) is 4.09. The molecule has 0 fully saturated rings. The van der Waals surface area contributed by atoms with Crippen LogP contribution in [0, 0.1) is 17.2 Å². The van der Waals surface area contributed by atoms with Gasteiger partial charge in [-0.1, -0.05) is 37.6 Å². The Balaban J connectivity index is 1.98. The Hall–Kier alpha value is -2.60. The lowest BCUT2D eigenvalue weighted by Crippen LogP contribution is -2.23. The topological polar surface area (TPSA) is 93.5 Å². The summed E-state index contributed by atoms with van der Waals surface area (Å²) in [7, 11) is 1.52. The number of hydrogen-bond acceptors (Lipinski definition) is 8. The first-order valence-corrected chi connectivity index (χ1v) is 10.5. The van der Waals surface area contributed by atoms with Crippen LogP contribution in [0.1, 0.15) is 24.3 Å². The van der Waals surface area contributed by atoms with Crippen LogP contribution in [0.3, 0.4) is 0 Å². The van der Waals surface area contributed by atoms with Crippen LogP contribution in [0.2, 0.25) is 4.47 Å². The van der Waals surface area contributed by atoms with Crippen molar-refractivity contribution in [3.63, 3.8) is 0 Å². The van der Waals surface area contributed by atoms with Crippen LogP contribution in [0.4, 0.5) is 0 Å². The Morgan fingerprint density at radius 1 is 1.30 bits per heavy atom. The van der Waals surface area contributed by atoms with Gasteiger partial charge >= 0.3 is 5.97 Å². The van der Waals surface area contributed by atoms with E-state index in [1.54, 1.807) is 6.20 Å². The van der Waals surface area contributed by atoms with E-state index < -0.39 is 5.97 Å². The normalized spacial score (nSPS) is 11.6. The predicted molar refractivity (Wildman–Crippen MR) is 115 cm³/mol. The molecule has 1 aromatic carbocycles.